The van der Waals surface area contributed by atoms with Crippen molar-refractivity contribution in [3.8, 4) is 5.75 Å². The van der Waals surface area contributed by atoms with Gasteiger partial charge in [0.15, 0.2) is 0 Å². The molecule has 0 bridgehead atoms. The highest BCUT2D eigenvalue weighted by atomic mass is 16.5. The molecule has 4 nitrogen and oxygen atoms in total. The SMILES string of the molecule is CCCCNC(/C=C(\CC)C(=O)O)=C(/C)Oc1ccccc1. The van der Waals surface area contributed by atoms with Gasteiger partial charge >= 0.3 is 5.97 Å². The van der Waals surface area contributed by atoms with Crippen molar-refractivity contribution in [3.63, 3.8) is 0 Å². The van der Waals surface area contributed by atoms with E-state index in [-0.39, 0.29) is 0 Å². The minimum Gasteiger partial charge on any atom is -0.478 e. The summed E-state index contributed by atoms with van der Waals surface area (Å²) in [7, 11) is 0. The predicted octanol–water partition coefficient (Wildman–Crippen LogP) is 4.11. The van der Waals surface area contributed by atoms with E-state index in [4.69, 9.17) is 4.74 Å². The van der Waals surface area contributed by atoms with E-state index in [1.807, 2.05) is 44.2 Å². The summed E-state index contributed by atoms with van der Waals surface area (Å²) in [6.07, 6.45) is 4.22. The number of allylic oxidation sites excluding steroid dienone is 2. The van der Waals surface area contributed by atoms with Gasteiger partial charge in [-0.2, -0.15) is 0 Å². The van der Waals surface area contributed by atoms with E-state index in [0.29, 0.717) is 17.8 Å². The smallest absolute Gasteiger partial charge is 0.331 e. The number of unbranched alkanes of at least 4 members (excludes halogenated alkanes) is 1. The van der Waals surface area contributed by atoms with Gasteiger partial charge in [-0.15, -0.1) is 0 Å². The molecule has 0 aromatic heterocycles. The molecule has 1 aromatic carbocycles. The lowest BCUT2D eigenvalue weighted by Crippen LogP contribution is -2.17. The highest BCUT2D eigenvalue weighted by molar-refractivity contribution is 5.87. The molecule has 120 valence electrons. The van der Waals surface area contributed by atoms with Gasteiger partial charge in [-0.05, 0) is 38.0 Å². The zero-order valence-corrected chi connectivity index (χ0v) is 13.6. The lowest BCUT2D eigenvalue weighted by Gasteiger charge is -2.13. The molecule has 0 atom stereocenters. The molecule has 0 saturated carbocycles. The minimum atomic E-state index is -0.898. The van der Waals surface area contributed by atoms with E-state index in [2.05, 4.69) is 12.2 Å². The third-order valence-corrected chi connectivity index (χ3v) is 3.21. The van der Waals surface area contributed by atoms with E-state index in [0.717, 1.165) is 30.8 Å². The van der Waals surface area contributed by atoms with Crippen molar-refractivity contribution in [3.05, 3.63) is 53.4 Å². The van der Waals surface area contributed by atoms with Gasteiger partial charge in [0.1, 0.15) is 11.5 Å². The normalized spacial score (nSPS) is 12.6. The largest absolute Gasteiger partial charge is 0.478 e. The van der Waals surface area contributed by atoms with Crippen LogP contribution in [0.5, 0.6) is 5.75 Å². The van der Waals surface area contributed by atoms with Gasteiger partial charge in [0.25, 0.3) is 0 Å². The fourth-order valence-electron chi connectivity index (χ4n) is 1.89. The molecule has 0 aliphatic carbocycles. The molecular formula is C18H25NO3. The molecule has 0 radical (unpaired) electrons. The second-order valence-corrected chi connectivity index (χ2v) is 4.99. The standard InChI is InChI=1S/C18H25NO3/c1-4-6-12-19-17(13-15(5-2)18(20)21)14(3)22-16-10-8-7-9-11-16/h7-11,13,19H,4-6,12H2,1-3H3,(H,20,21)/b15-13+,17-14-. The van der Waals surface area contributed by atoms with Crippen molar-refractivity contribution in [2.24, 2.45) is 0 Å². The van der Waals surface area contributed by atoms with Crippen molar-refractivity contribution in [2.75, 3.05) is 6.54 Å². The van der Waals surface area contributed by atoms with Crippen LogP contribution in [0.15, 0.2) is 53.4 Å². The van der Waals surface area contributed by atoms with Crippen LogP contribution < -0.4 is 10.1 Å². The van der Waals surface area contributed by atoms with E-state index >= 15 is 0 Å². The summed E-state index contributed by atoms with van der Waals surface area (Å²) < 4.78 is 5.81. The average molecular weight is 303 g/mol. The summed E-state index contributed by atoms with van der Waals surface area (Å²) in [5.41, 5.74) is 1.08. The number of rotatable bonds is 9. The lowest BCUT2D eigenvalue weighted by molar-refractivity contribution is -0.132. The van der Waals surface area contributed by atoms with Crippen molar-refractivity contribution >= 4 is 5.97 Å². The molecule has 0 aliphatic heterocycles. The maximum atomic E-state index is 11.2. The molecule has 0 unspecified atom stereocenters. The zero-order valence-electron chi connectivity index (χ0n) is 13.6. The number of carboxylic acids is 1. The van der Waals surface area contributed by atoms with Gasteiger partial charge in [0.2, 0.25) is 0 Å². The average Bonchev–Trinajstić information content (AvgIpc) is 2.51. The maximum Gasteiger partial charge on any atom is 0.331 e. The molecule has 0 amide bonds. The Kier molecular flexibility index (Phi) is 7.83. The van der Waals surface area contributed by atoms with E-state index in [1.54, 1.807) is 6.08 Å². The predicted molar refractivity (Wildman–Crippen MR) is 88.7 cm³/mol. The molecule has 0 heterocycles. The number of carbonyl (C=O) groups is 1. The zero-order chi connectivity index (χ0) is 16.4. The van der Waals surface area contributed by atoms with Gasteiger partial charge in [-0.1, -0.05) is 38.5 Å². The van der Waals surface area contributed by atoms with Gasteiger partial charge in [0, 0.05) is 12.1 Å². The lowest BCUT2D eigenvalue weighted by atomic mass is 10.1. The Balaban J connectivity index is 3.00. The first-order valence-electron chi connectivity index (χ1n) is 7.70. The molecular weight excluding hydrogens is 278 g/mol. The van der Waals surface area contributed by atoms with Crippen LogP contribution in [0.4, 0.5) is 0 Å². The summed E-state index contributed by atoms with van der Waals surface area (Å²) in [6, 6.07) is 9.46. The molecule has 22 heavy (non-hydrogen) atoms. The van der Waals surface area contributed by atoms with Crippen LogP contribution in [0.1, 0.15) is 40.0 Å². The van der Waals surface area contributed by atoms with E-state index in [1.165, 1.54) is 0 Å². The summed E-state index contributed by atoms with van der Waals surface area (Å²) in [5.74, 6) is 0.496. The number of benzene rings is 1. The van der Waals surface area contributed by atoms with E-state index < -0.39 is 5.97 Å². The van der Waals surface area contributed by atoms with Gasteiger partial charge in [-0.3, -0.25) is 0 Å². The first-order valence-corrected chi connectivity index (χ1v) is 7.70. The monoisotopic (exact) mass is 303 g/mol. The van der Waals surface area contributed by atoms with Crippen LogP contribution in [-0.2, 0) is 4.79 Å². The summed E-state index contributed by atoms with van der Waals surface area (Å²) in [4.78, 5) is 11.2. The third kappa shape index (κ3) is 6.04. The van der Waals surface area contributed by atoms with Crippen LogP contribution >= 0.6 is 0 Å². The third-order valence-electron chi connectivity index (χ3n) is 3.21. The number of aliphatic carboxylic acids is 1. The number of carboxylic acid groups (broad SMARTS) is 1. The highest BCUT2D eigenvalue weighted by Crippen LogP contribution is 2.16. The molecule has 1 aromatic rings. The Bertz CT molecular complexity index is 533. The minimum absolute atomic E-state index is 0.356. The van der Waals surface area contributed by atoms with Crippen molar-refractivity contribution in [1.82, 2.24) is 5.32 Å². The molecule has 4 heteroatoms. The van der Waals surface area contributed by atoms with Crippen LogP contribution in [0.25, 0.3) is 0 Å². The quantitative estimate of drug-likeness (QED) is 0.312. The van der Waals surface area contributed by atoms with E-state index in [9.17, 15) is 9.90 Å². The maximum absolute atomic E-state index is 11.2. The summed E-state index contributed by atoms with van der Waals surface area (Å²) in [5, 5.41) is 12.5. The van der Waals surface area contributed by atoms with Crippen LogP contribution in [0.2, 0.25) is 0 Å². The number of para-hydroxylation sites is 1. The Morgan fingerprint density at radius 2 is 1.95 bits per heavy atom. The van der Waals surface area contributed by atoms with Crippen LogP contribution in [0, 0.1) is 0 Å². The fourth-order valence-corrected chi connectivity index (χ4v) is 1.89. The van der Waals surface area contributed by atoms with Gasteiger partial charge < -0.3 is 15.2 Å². The molecule has 0 spiro atoms. The molecule has 0 fully saturated rings. The second-order valence-electron chi connectivity index (χ2n) is 4.99. The molecule has 0 aliphatic rings. The molecule has 0 saturated heterocycles. The topological polar surface area (TPSA) is 58.6 Å². The number of hydrogen-bond donors (Lipinski definition) is 2. The van der Waals surface area contributed by atoms with Crippen LogP contribution in [0.3, 0.4) is 0 Å². The second kappa shape index (κ2) is 9.66. The molecule has 1 rings (SSSR count). The van der Waals surface area contributed by atoms with Crippen LogP contribution in [-0.4, -0.2) is 17.6 Å². The Hall–Kier alpha value is -2.23. The Labute approximate surface area is 132 Å². The van der Waals surface area contributed by atoms with Crippen molar-refractivity contribution in [1.29, 1.82) is 0 Å². The highest BCUT2D eigenvalue weighted by Gasteiger charge is 2.09. The summed E-state index contributed by atoms with van der Waals surface area (Å²) >= 11 is 0. The fraction of sp³-hybridized carbons (Fsp3) is 0.389. The number of nitrogens with one attached hydrogen (secondary N) is 1. The summed E-state index contributed by atoms with van der Waals surface area (Å²) in [6.45, 7) is 6.57. The Morgan fingerprint density at radius 3 is 2.50 bits per heavy atom. The first kappa shape index (κ1) is 17.8. The number of hydrogen-bond acceptors (Lipinski definition) is 3. The molecule has 2 N–H and O–H groups in total. The van der Waals surface area contributed by atoms with Crippen molar-refractivity contribution in [2.45, 2.75) is 40.0 Å². The number of ether oxygens (including phenoxy) is 1. The first-order chi connectivity index (χ1) is 10.6. The van der Waals surface area contributed by atoms with Gasteiger partial charge in [0.05, 0.1) is 5.70 Å². The Morgan fingerprint density at radius 1 is 1.27 bits per heavy atom. The van der Waals surface area contributed by atoms with Gasteiger partial charge in [-0.25, -0.2) is 4.79 Å². The van der Waals surface area contributed by atoms with Crippen molar-refractivity contribution < 1.29 is 14.6 Å².